The Morgan fingerprint density at radius 2 is 2.33 bits per heavy atom. The van der Waals surface area contributed by atoms with Crippen LogP contribution in [0.5, 0.6) is 0 Å². The summed E-state index contributed by atoms with van der Waals surface area (Å²) in [7, 11) is 0. The van der Waals surface area contributed by atoms with Gasteiger partial charge in [0, 0.05) is 25.7 Å². The Morgan fingerprint density at radius 1 is 1.67 bits per heavy atom. The van der Waals surface area contributed by atoms with Crippen LogP contribution in [-0.4, -0.2) is 47.7 Å². The number of carbonyl (C=O) groups is 1. The van der Waals surface area contributed by atoms with Gasteiger partial charge in [0.2, 0.25) is 0 Å². The largest absolute Gasteiger partial charge is 0.480 e. The quantitative estimate of drug-likeness (QED) is 0.603. The van der Waals surface area contributed by atoms with Gasteiger partial charge in [0.1, 0.15) is 6.04 Å². The van der Waals surface area contributed by atoms with Gasteiger partial charge in [-0.15, -0.1) is 0 Å². The van der Waals surface area contributed by atoms with Crippen LogP contribution >= 0.6 is 0 Å². The fourth-order valence-corrected chi connectivity index (χ4v) is 1.57. The van der Waals surface area contributed by atoms with Gasteiger partial charge in [0.05, 0.1) is 0 Å². The average Bonchev–Trinajstić information content (AvgIpc) is 2.04. The van der Waals surface area contributed by atoms with E-state index >= 15 is 0 Å². The zero-order chi connectivity index (χ0) is 9.14. The molecular weight excluding hydrogens is 156 g/mol. The van der Waals surface area contributed by atoms with Crippen molar-refractivity contribution in [1.29, 1.82) is 0 Å². The second-order valence-electron chi connectivity index (χ2n) is 3.39. The van der Waals surface area contributed by atoms with Gasteiger partial charge in [-0.1, -0.05) is 0 Å². The maximum atomic E-state index is 10.8. The second kappa shape index (κ2) is 3.87. The maximum Gasteiger partial charge on any atom is 0.322 e. The molecule has 1 saturated heterocycles. The van der Waals surface area contributed by atoms with Crippen LogP contribution in [0.4, 0.5) is 0 Å². The molecular formula is C8H16N2O2. The van der Waals surface area contributed by atoms with Gasteiger partial charge in [-0.25, -0.2) is 0 Å². The lowest BCUT2D eigenvalue weighted by Crippen LogP contribution is -2.57. The summed E-state index contributed by atoms with van der Waals surface area (Å²) in [5.41, 5.74) is 0. The van der Waals surface area contributed by atoms with Crippen molar-refractivity contribution in [2.75, 3.05) is 19.6 Å². The molecule has 0 spiro atoms. The molecule has 1 fully saturated rings. The monoisotopic (exact) mass is 172 g/mol. The highest BCUT2D eigenvalue weighted by Gasteiger charge is 2.29. The average molecular weight is 172 g/mol. The molecule has 1 aliphatic heterocycles. The van der Waals surface area contributed by atoms with Crippen LogP contribution in [0.3, 0.4) is 0 Å². The van der Waals surface area contributed by atoms with Crippen LogP contribution < -0.4 is 5.32 Å². The van der Waals surface area contributed by atoms with Gasteiger partial charge in [0.25, 0.3) is 0 Å². The van der Waals surface area contributed by atoms with Gasteiger partial charge >= 0.3 is 5.97 Å². The molecule has 0 radical (unpaired) electrons. The molecule has 12 heavy (non-hydrogen) atoms. The van der Waals surface area contributed by atoms with Crippen molar-refractivity contribution in [2.45, 2.75) is 25.9 Å². The van der Waals surface area contributed by atoms with Crippen LogP contribution in [0, 0.1) is 0 Å². The summed E-state index contributed by atoms with van der Waals surface area (Å²) in [5, 5.41) is 12.0. The summed E-state index contributed by atoms with van der Waals surface area (Å²) in [6, 6.07) is -0.0352. The van der Waals surface area contributed by atoms with Crippen molar-refractivity contribution >= 4 is 5.97 Å². The predicted molar refractivity (Wildman–Crippen MR) is 46.1 cm³/mol. The molecule has 2 N–H and O–H groups in total. The summed E-state index contributed by atoms with van der Waals surface area (Å²) < 4.78 is 0. The van der Waals surface area contributed by atoms with E-state index in [0.717, 1.165) is 13.1 Å². The number of nitrogens with zero attached hydrogens (tertiary/aromatic N) is 1. The number of piperazine rings is 1. The molecule has 0 bridgehead atoms. The van der Waals surface area contributed by atoms with Crippen LogP contribution in [0.25, 0.3) is 0 Å². The first-order chi connectivity index (χ1) is 5.63. The Hall–Kier alpha value is -0.610. The summed E-state index contributed by atoms with van der Waals surface area (Å²) >= 11 is 0. The Bertz CT molecular complexity index is 170. The van der Waals surface area contributed by atoms with Crippen molar-refractivity contribution in [3.05, 3.63) is 0 Å². The zero-order valence-electron chi connectivity index (χ0n) is 7.58. The molecule has 70 valence electrons. The molecule has 1 heterocycles. The molecule has 4 nitrogen and oxygen atoms in total. The van der Waals surface area contributed by atoms with E-state index in [0.29, 0.717) is 12.6 Å². The number of carboxylic acids is 1. The highest BCUT2D eigenvalue weighted by Crippen LogP contribution is 2.07. The maximum absolute atomic E-state index is 10.8. The van der Waals surface area contributed by atoms with E-state index in [1.165, 1.54) is 0 Å². The molecule has 0 aromatic heterocycles. The van der Waals surface area contributed by atoms with Crippen LogP contribution in [0.1, 0.15) is 13.8 Å². The van der Waals surface area contributed by atoms with Gasteiger partial charge in [-0.2, -0.15) is 0 Å². The van der Waals surface area contributed by atoms with Crippen LogP contribution in [0.15, 0.2) is 0 Å². The molecule has 1 unspecified atom stereocenters. The van der Waals surface area contributed by atoms with Crippen molar-refractivity contribution in [3.8, 4) is 0 Å². The lowest BCUT2D eigenvalue weighted by molar-refractivity contribution is -0.144. The molecule has 0 saturated carbocycles. The fourth-order valence-electron chi connectivity index (χ4n) is 1.57. The molecule has 4 heteroatoms. The molecule has 1 aliphatic rings. The summed E-state index contributed by atoms with van der Waals surface area (Å²) in [6.45, 7) is 6.34. The molecule has 1 rings (SSSR count). The Kier molecular flexibility index (Phi) is 3.05. The summed E-state index contributed by atoms with van der Waals surface area (Å²) in [4.78, 5) is 12.8. The molecule has 0 amide bonds. The summed E-state index contributed by atoms with van der Waals surface area (Å²) in [6.07, 6.45) is 0. The third-order valence-corrected chi connectivity index (χ3v) is 2.23. The van der Waals surface area contributed by atoms with Gasteiger partial charge in [-0.05, 0) is 13.8 Å². The standard InChI is InChI=1S/C8H16N2O2/c1-6(2)10-4-3-9-5-7(10)8(11)12/h6-7,9H,3-5H2,1-2H3,(H,11,12). The van der Waals surface area contributed by atoms with E-state index in [2.05, 4.69) is 5.32 Å². The zero-order valence-corrected chi connectivity index (χ0v) is 7.58. The van der Waals surface area contributed by atoms with Gasteiger partial charge in [-0.3, -0.25) is 9.69 Å². The van der Waals surface area contributed by atoms with E-state index in [9.17, 15) is 4.79 Å². The topological polar surface area (TPSA) is 52.6 Å². The van der Waals surface area contributed by atoms with Crippen molar-refractivity contribution < 1.29 is 9.90 Å². The number of hydrogen-bond acceptors (Lipinski definition) is 3. The minimum atomic E-state index is -0.726. The highest BCUT2D eigenvalue weighted by molar-refractivity contribution is 5.74. The number of carboxylic acid groups (broad SMARTS) is 1. The predicted octanol–water partition coefficient (Wildman–Crippen LogP) is -0.247. The SMILES string of the molecule is CC(C)N1CCNCC1C(=O)O. The number of hydrogen-bond donors (Lipinski definition) is 2. The van der Waals surface area contributed by atoms with E-state index in [4.69, 9.17) is 5.11 Å². The Morgan fingerprint density at radius 3 is 2.75 bits per heavy atom. The first kappa shape index (κ1) is 9.48. The lowest BCUT2D eigenvalue weighted by Gasteiger charge is -2.36. The van der Waals surface area contributed by atoms with E-state index in [-0.39, 0.29) is 6.04 Å². The summed E-state index contributed by atoms with van der Waals surface area (Å²) in [5.74, 6) is -0.726. The first-order valence-corrected chi connectivity index (χ1v) is 4.32. The van der Waals surface area contributed by atoms with Crippen molar-refractivity contribution in [2.24, 2.45) is 0 Å². The normalized spacial score (nSPS) is 26.1. The van der Waals surface area contributed by atoms with Crippen LogP contribution in [-0.2, 0) is 4.79 Å². The van der Waals surface area contributed by atoms with E-state index < -0.39 is 5.97 Å². The number of nitrogens with one attached hydrogen (secondary N) is 1. The highest BCUT2D eigenvalue weighted by atomic mass is 16.4. The molecule has 0 aromatic carbocycles. The third kappa shape index (κ3) is 1.95. The number of rotatable bonds is 2. The minimum Gasteiger partial charge on any atom is -0.480 e. The van der Waals surface area contributed by atoms with Crippen molar-refractivity contribution in [3.63, 3.8) is 0 Å². The minimum absolute atomic E-state index is 0.313. The molecule has 0 aliphatic carbocycles. The molecule has 0 aromatic rings. The third-order valence-electron chi connectivity index (χ3n) is 2.23. The van der Waals surface area contributed by atoms with Crippen molar-refractivity contribution in [1.82, 2.24) is 10.2 Å². The second-order valence-corrected chi connectivity index (χ2v) is 3.39. The van der Waals surface area contributed by atoms with E-state index in [1.807, 2.05) is 18.7 Å². The molecule has 1 atom stereocenters. The Balaban J connectivity index is 2.60. The van der Waals surface area contributed by atoms with Gasteiger partial charge < -0.3 is 10.4 Å². The number of aliphatic carboxylic acids is 1. The van der Waals surface area contributed by atoms with E-state index in [1.54, 1.807) is 0 Å². The lowest BCUT2D eigenvalue weighted by atomic mass is 10.1. The Labute approximate surface area is 72.6 Å². The smallest absolute Gasteiger partial charge is 0.322 e. The fraction of sp³-hybridized carbons (Fsp3) is 0.875. The first-order valence-electron chi connectivity index (χ1n) is 4.32. The van der Waals surface area contributed by atoms with Crippen LogP contribution in [0.2, 0.25) is 0 Å². The van der Waals surface area contributed by atoms with Gasteiger partial charge in [0.15, 0.2) is 0 Å².